The highest BCUT2D eigenvalue weighted by atomic mass is 16.6. The number of hydrogen-bond donors (Lipinski definition) is 3. The van der Waals surface area contributed by atoms with Gasteiger partial charge < -0.3 is 25.2 Å². The third kappa shape index (κ3) is 7.88. The van der Waals surface area contributed by atoms with Crippen LogP contribution >= 0.6 is 0 Å². The molecule has 0 atom stereocenters. The number of carbonyl (C=O) groups is 1. The Bertz CT molecular complexity index is 683. The molecule has 1 saturated carbocycles. The van der Waals surface area contributed by atoms with Gasteiger partial charge in [0.1, 0.15) is 5.60 Å². The van der Waals surface area contributed by atoms with Crippen molar-refractivity contribution in [3.8, 4) is 0 Å². The number of aliphatic imine (C=N–C) groups is 1. The predicted molar refractivity (Wildman–Crippen MR) is 119 cm³/mol. The van der Waals surface area contributed by atoms with Gasteiger partial charge >= 0.3 is 6.09 Å². The Morgan fingerprint density at radius 1 is 1.20 bits per heavy atom. The summed E-state index contributed by atoms with van der Waals surface area (Å²) in [6.07, 6.45) is 5.53. The molecule has 1 heterocycles. The van der Waals surface area contributed by atoms with Crippen molar-refractivity contribution in [2.24, 2.45) is 4.99 Å². The fourth-order valence-corrected chi connectivity index (χ4v) is 3.73. The fourth-order valence-electron chi connectivity index (χ4n) is 3.73. The molecule has 1 aliphatic carbocycles. The minimum atomic E-state index is -0.473. The highest BCUT2D eigenvalue weighted by Gasteiger charge is 2.25. The molecule has 0 bridgehead atoms. The van der Waals surface area contributed by atoms with Crippen LogP contribution in [0.4, 0.5) is 4.79 Å². The van der Waals surface area contributed by atoms with Crippen molar-refractivity contribution in [1.29, 1.82) is 0 Å². The van der Waals surface area contributed by atoms with Gasteiger partial charge in [-0.05, 0) is 59.3 Å². The van der Waals surface area contributed by atoms with Gasteiger partial charge in [0.15, 0.2) is 11.7 Å². The first-order chi connectivity index (χ1) is 14.2. The van der Waals surface area contributed by atoms with Gasteiger partial charge in [-0.2, -0.15) is 0 Å². The van der Waals surface area contributed by atoms with Crippen LogP contribution in [-0.2, 0) is 11.3 Å². The zero-order valence-electron chi connectivity index (χ0n) is 19.4. The highest BCUT2D eigenvalue weighted by Crippen LogP contribution is 2.22. The SMILES string of the molecule is CCC(CC)c1cc(CNC(=NC)NC2CCC(NC(=O)OC(C)(C)C)CC2)on1. The van der Waals surface area contributed by atoms with Gasteiger partial charge in [-0.3, -0.25) is 4.99 Å². The molecule has 1 amide bonds. The molecule has 0 aromatic carbocycles. The number of carbonyl (C=O) groups excluding carboxylic acids is 1. The van der Waals surface area contributed by atoms with Crippen molar-refractivity contribution in [3.63, 3.8) is 0 Å². The largest absolute Gasteiger partial charge is 0.444 e. The molecule has 0 saturated heterocycles. The maximum atomic E-state index is 11.9. The van der Waals surface area contributed by atoms with Crippen molar-refractivity contribution in [1.82, 2.24) is 21.1 Å². The zero-order chi connectivity index (χ0) is 22.1. The van der Waals surface area contributed by atoms with Crippen molar-refractivity contribution < 1.29 is 14.1 Å². The number of aromatic nitrogens is 1. The molecule has 1 fully saturated rings. The Morgan fingerprint density at radius 2 is 1.80 bits per heavy atom. The molecule has 2 rings (SSSR count). The number of amides is 1. The molecule has 0 spiro atoms. The molecule has 1 aromatic heterocycles. The first-order valence-corrected chi connectivity index (χ1v) is 11.2. The first-order valence-electron chi connectivity index (χ1n) is 11.2. The van der Waals surface area contributed by atoms with E-state index in [2.05, 4.69) is 39.9 Å². The Labute approximate surface area is 180 Å². The Kier molecular flexibility index (Phi) is 8.99. The molecular formula is C22H39N5O3. The minimum Gasteiger partial charge on any atom is -0.444 e. The summed E-state index contributed by atoms with van der Waals surface area (Å²) in [6, 6.07) is 2.51. The topological polar surface area (TPSA) is 101 Å². The van der Waals surface area contributed by atoms with Crippen molar-refractivity contribution in [2.45, 2.75) is 103 Å². The number of alkyl carbamates (subject to hydrolysis) is 1. The van der Waals surface area contributed by atoms with E-state index in [0.717, 1.165) is 55.9 Å². The number of rotatable bonds is 7. The van der Waals surface area contributed by atoms with E-state index in [1.165, 1.54) is 0 Å². The minimum absolute atomic E-state index is 0.158. The molecule has 1 aromatic rings. The van der Waals surface area contributed by atoms with Crippen LogP contribution in [0.3, 0.4) is 0 Å². The number of guanidine groups is 1. The smallest absolute Gasteiger partial charge is 0.407 e. The lowest BCUT2D eigenvalue weighted by molar-refractivity contribution is 0.0490. The molecular weight excluding hydrogens is 382 g/mol. The second-order valence-electron chi connectivity index (χ2n) is 9.00. The van der Waals surface area contributed by atoms with Gasteiger partial charge in [-0.15, -0.1) is 0 Å². The van der Waals surface area contributed by atoms with E-state index in [1.54, 1.807) is 7.05 Å². The standard InChI is InChI=1S/C22H39N5O3/c1-7-15(8-2)19-13-18(30-27-19)14-24-20(23-6)25-16-9-11-17(12-10-16)26-21(28)29-22(3,4)5/h13,15-17H,7-12,14H2,1-6H3,(H,26,28)(H2,23,24,25). The molecule has 0 unspecified atom stereocenters. The summed E-state index contributed by atoms with van der Waals surface area (Å²) in [5.41, 5.74) is 0.551. The number of nitrogens with zero attached hydrogens (tertiary/aromatic N) is 2. The normalized spacial score (nSPS) is 20.2. The van der Waals surface area contributed by atoms with E-state index in [4.69, 9.17) is 9.26 Å². The lowest BCUT2D eigenvalue weighted by Gasteiger charge is -2.31. The summed E-state index contributed by atoms with van der Waals surface area (Å²) in [7, 11) is 1.76. The summed E-state index contributed by atoms with van der Waals surface area (Å²) in [5.74, 6) is 2.01. The second kappa shape index (κ2) is 11.2. The van der Waals surface area contributed by atoms with Gasteiger partial charge in [0.05, 0.1) is 12.2 Å². The Morgan fingerprint density at radius 3 is 2.33 bits per heavy atom. The summed E-state index contributed by atoms with van der Waals surface area (Å²) >= 11 is 0. The average molecular weight is 422 g/mol. The van der Waals surface area contributed by atoms with Crippen molar-refractivity contribution in [2.75, 3.05) is 7.05 Å². The number of hydrogen-bond acceptors (Lipinski definition) is 5. The van der Waals surface area contributed by atoms with Crippen molar-refractivity contribution >= 4 is 12.1 Å². The molecule has 0 radical (unpaired) electrons. The van der Waals surface area contributed by atoms with Crippen LogP contribution in [0.25, 0.3) is 0 Å². The number of ether oxygens (including phenoxy) is 1. The number of nitrogens with one attached hydrogen (secondary N) is 3. The summed E-state index contributed by atoms with van der Waals surface area (Å²) in [6.45, 7) is 10.5. The molecule has 3 N–H and O–H groups in total. The summed E-state index contributed by atoms with van der Waals surface area (Å²) in [5, 5.41) is 14.0. The zero-order valence-corrected chi connectivity index (χ0v) is 19.4. The van der Waals surface area contributed by atoms with E-state index < -0.39 is 5.60 Å². The quantitative estimate of drug-likeness (QED) is 0.453. The maximum absolute atomic E-state index is 11.9. The first kappa shape index (κ1) is 24.0. The monoisotopic (exact) mass is 421 g/mol. The van der Waals surface area contributed by atoms with Crippen LogP contribution in [0, 0.1) is 0 Å². The maximum Gasteiger partial charge on any atom is 0.407 e. The Balaban J connectivity index is 1.74. The summed E-state index contributed by atoms with van der Waals surface area (Å²) < 4.78 is 10.8. The fraction of sp³-hybridized carbons (Fsp3) is 0.773. The molecule has 8 nitrogen and oxygen atoms in total. The molecule has 0 aliphatic heterocycles. The molecule has 8 heteroatoms. The van der Waals surface area contributed by atoms with E-state index in [1.807, 2.05) is 26.8 Å². The third-order valence-electron chi connectivity index (χ3n) is 5.42. The molecule has 1 aliphatic rings. The third-order valence-corrected chi connectivity index (χ3v) is 5.42. The summed E-state index contributed by atoms with van der Waals surface area (Å²) in [4.78, 5) is 16.3. The van der Waals surface area contributed by atoms with Crippen LogP contribution in [0.5, 0.6) is 0 Å². The van der Waals surface area contributed by atoms with Crippen molar-refractivity contribution in [3.05, 3.63) is 17.5 Å². The van der Waals surface area contributed by atoms with E-state index in [0.29, 0.717) is 18.5 Å². The van der Waals surface area contributed by atoms with Gasteiger partial charge in [-0.1, -0.05) is 19.0 Å². The van der Waals surface area contributed by atoms with Gasteiger partial charge in [0, 0.05) is 31.1 Å². The van der Waals surface area contributed by atoms with Gasteiger partial charge in [0.2, 0.25) is 0 Å². The molecule has 170 valence electrons. The van der Waals surface area contributed by atoms with Crippen LogP contribution in [0.15, 0.2) is 15.6 Å². The van der Waals surface area contributed by atoms with Gasteiger partial charge in [0.25, 0.3) is 0 Å². The van der Waals surface area contributed by atoms with Crippen LogP contribution in [-0.4, -0.2) is 41.9 Å². The van der Waals surface area contributed by atoms with E-state index in [-0.39, 0.29) is 12.1 Å². The van der Waals surface area contributed by atoms with Crippen LogP contribution < -0.4 is 16.0 Å². The molecule has 30 heavy (non-hydrogen) atoms. The predicted octanol–water partition coefficient (Wildman–Crippen LogP) is 4.08. The lowest BCUT2D eigenvalue weighted by Crippen LogP contribution is -2.47. The van der Waals surface area contributed by atoms with E-state index in [9.17, 15) is 4.79 Å². The Hall–Kier alpha value is -2.25. The highest BCUT2D eigenvalue weighted by molar-refractivity contribution is 5.79. The van der Waals surface area contributed by atoms with Crippen LogP contribution in [0.2, 0.25) is 0 Å². The van der Waals surface area contributed by atoms with Crippen LogP contribution in [0.1, 0.15) is 90.5 Å². The van der Waals surface area contributed by atoms with Gasteiger partial charge in [-0.25, -0.2) is 4.79 Å². The van der Waals surface area contributed by atoms with E-state index >= 15 is 0 Å². The second-order valence-corrected chi connectivity index (χ2v) is 9.00. The lowest BCUT2D eigenvalue weighted by atomic mass is 9.91. The average Bonchev–Trinajstić information content (AvgIpc) is 3.14.